The Hall–Kier alpha value is -3.24. The van der Waals surface area contributed by atoms with Crippen molar-refractivity contribution in [2.75, 3.05) is 0 Å². The van der Waals surface area contributed by atoms with Crippen LogP contribution >= 0.6 is 11.6 Å². The van der Waals surface area contributed by atoms with Gasteiger partial charge in [0.1, 0.15) is 5.82 Å². The highest BCUT2D eigenvalue weighted by Crippen LogP contribution is 2.26. The topological polar surface area (TPSA) is 43.6 Å². The molecule has 0 aliphatic heterocycles. The van der Waals surface area contributed by atoms with Crippen LogP contribution in [0, 0.1) is 0 Å². The summed E-state index contributed by atoms with van der Waals surface area (Å²) >= 11 is 6.08. The first-order valence-electron chi connectivity index (χ1n) is 9.21. The highest BCUT2D eigenvalue weighted by Gasteiger charge is 2.16. The molecule has 0 bridgehead atoms. The van der Waals surface area contributed by atoms with Crippen molar-refractivity contribution >= 4 is 33.9 Å². The van der Waals surface area contributed by atoms with E-state index < -0.39 is 0 Å². The summed E-state index contributed by atoms with van der Waals surface area (Å²) < 4.78 is 2.16. The second kappa shape index (κ2) is 7.06. The Morgan fingerprint density at radius 2 is 1.39 bits per heavy atom. The standard InChI is InChI=1S/C23H17ClN4/c24-18-12-10-17(11-13-18)22-27-21-23(26-20-9-5-4-8-19(20)25-21)28(22)15-14-16-6-2-1-3-7-16/h1-13H,14-15H2. The molecule has 0 aliphatic carbocycles. The number of fused-ring (bicyclic) bond motifs is 2. The summed E-state index contributed by atoms with van der Waals surface area (Å²) in [7, 11) is 0. The summed E-state index contributed by atoms with van der Waals surface area (Å²) in [4.78, 5) is 14.4. The largest absolute Gasteiger partial charge is 0.307 e. The van der Waals surface area contributed by atoms with Gasteiger partial charge in [0.2, 0.25) is 0 Å². The monoisotopic (exact) mass is 384 g/mol. The van der Waals surface area contributed by atoms with Crippen molar-refractivity contribution in [2.24, 2.45) is 0 Å². The number of hydrogen-bond acceptors (Lipinski definition) is 3. The van der Waals surface area contributed by atoms with E-state index in [1.807, 2.05) is 54.6 Å². The summed E-state index contributed by atoms with van der Waals surface area (Å²) in [6.07, 6.45) is 0.890. The van der Waals surface area contributed by atoms with Gasteiger partial charge in [-0.05, 0) is 48.4 Å². The summed E-state index contributed by atoms with van der Waals surface area (Å²) in [5, 5.41) is 0.706. The minimum absolute atomic E-state index is 0.664. The number of nitrogens with zero attached hydrogens (tertiary/aromatic N) is 4. The molecule has 5 aromatic rings. The number of aryl methyl sites for hydroxylation is 2. The van der Waals surface area contributed by atoms with Crippen LogP contribution in [0.25, 0.3) is 33.7 Å². The van der Waals surface area contributed by atoms with Crippen LogP contribution in [0.3, 0.4) is 0 Å². The average molecular weight is 385 g/mol. The van der Waals surface area contributed by atoms with Gasteiger partial charge in [0.15, 0.2) is 11.3 Å². The minimum atomic E-state index is 0.664. The third-order valence-corrected chi connectivity index (χ3v) is 5.08. The molecular formula is C23H17ClN4. The second-order valence-corrected chi connectivity index (χ2v) is 7.13. The van der Waals surface area contributed by atoms with E-state index in [9.17, 15) is 0 Å². The Morgan fingerprint density at radius 1 is 0.714 bits per heavy atom. The predicted octanol–water partition coefficient (Wildman–Crippen LogP) is 5.54. The Kier molecular flexibility index (Phi) is 4.26. The van der Waals surface area contributed by atoms with Crippen LogP contribution in [0.2, 0.25) is 5.02 Å². The van der Waals surface area contributed by atoms with Gasteiger partial charge in [-0.1, -0.05) is 54.1 Å². The molecule has 0 amide bonds. The van der Waals surface area contributed by atoms with Crippen molar-refractivity contribution in [3.63, 3.8) is 0 Å². The van der Waals surface area contributed by atoms with Gasteiger partial charge in [-0.25, -0.2) is 15.0 Å². The Labute approximate surface area is 167 Å². The summed E-state index contributed by atoms with van der Waals surface area (Å²) in [5.74, 6) is 0.859. The van der Waals surface area contributed by atoms with Crippen molar-refractivity contribution in [1.29, 1.82) is 0 Å². The maximum Gasteiger partial charge on any atom is 0.198 e. The predicted molar refractivity (Wildman–Crippen MR) is 113 cm³/mol. The van der Waals surface area contributed by atoms with E-state index in [1.165, 1.54) is 5.56 Å². The molecule has 2 aromatic heterocycles. The Balaban J connectivity index is 1.67. The quantitative estimate of drug-likeness (QED) is 0.408. The van der Waals surface area contributed by atoms with Crippen LogP contribution < -0.4 is 0 Å². The van der Waals surface area contributed by atoms with Gasteiger partial charge in [0.25, 0.3) is 0 Å². The van der Waals surface area contributed by atoms with Crippen LogP contribution in [-0.4, -0.2) is 19.5 Å². The molecule has 28 heavy (non-hydrogen) atoms. The number of rotatable bonds is 4. The van der Waals surface area contributed by atoms with Gasteiger partial charge in [-0.2, -0.15) is 0 Å². The molecule has 0 radical (unpaired) electrons. The lowest BCUT2D eigenvalue weighted by Crippen LogP contribution is -2.05. The number of hydrogen-bond donors (Lipinski definition) is 0. The van der Waals surface area contributed by atoms with Gasteiger partial charge < -0.3 is 4.57 Å². The molecule has 136 valence electrons. The number of benzene rings is 3. The zero-order valence-corrected chi connectivity index (χ0v) is 15.8. The van der Waals surface area contributed by atoms with E-state index in [1.54, 1.807) is 0 Å². The van der Waals surface area contributed by atoms with Crippen molar-refractivity contribution in [1.82, 2.24) is 19.5 Å². The van der Waals surface area contributed by atoms with Gasteiger partial charge in [0.05, 0.1) is 11.0 Å². The maximum atomic E-state index is 6.08. The maximum absolute atomic E-state index is 6.08. The molecule has 0 unspecified atom stereocenters. The van der Waals surface area contributed by atoms with Gasteiger partial charge in [-0.15, -0.1) is 0 Å². The summed E-state index contributed by atoms with van der Waals surface area (Å²) in [6, 6.07) is 26.1. The molecule has 0 spiro atoms. The second-order valence-electron chi connectivity index (χ2n) is 6.69. The SMILES string of the molecule is Clc1ccc(-c2nc3nc4ccccc4nc3n2CCc2ccccc2)cc1. The number of halogens is 1. The van der Waals surface area contributed by atoms with E-state index >= 15 is 0 Å². The van der Waals surface area contributed by atoms with E-state index in [4.69, 9.17) is 26.6 Å². The molecule has 0 saturated heterocycles. The highest BCUT2D eigenvalue weighted by molar-refractivity contribution is 6.30. The van der Waals surface area contributed by atoms with E-state index in [0.717, 1.165) is 41.0 Å². The van der Waals surface area contributed by atoms with Gasteiger partial charge >= 0.3 is 0 Å². The highest BCUT2D eigenvalue weighted by atomic mass is 35.5. The lowest BCUT2D eigenvalue weighted by molar-refractivity contribution is 0.718. The molecule has 0 N–H and O–H groups in total. The smallest absolute Gasteiger partial charge is 0.198 e. The first-order valence-corrected chi connectivity index (χ1v) is 9.58. The molecule has 0 aliphatic rings. The van der Waals surface area contributed by atoms with E-state index in [-0.39, 0.29) is 0 Å². The molecule has 3 aromatic carbocycles. The zero-order chi connectivity index (χ0) is 18.9. The number of aromatic nitrogens is 4. The molecule has 0 atom stereocenters. The van der Waals surface area contributed by atoms with E-state index in [0.29, 0.717) is 10.7 Å². The van der Waals surface area contributed by atoms with Crippen LogP contribution in [0.1, 0.15) is 5.56 Å². The van der Waals surface area contributed by atoms with Crippen molar-refractivity contribution < 1.29 is 0 Å². The fourth-order valence-electron chi connectivity index (χ4n) is 3.42. The first-order chi connectivity index (χ1) is 13.8. The number of imidazole rings is 1. The van der Waals surface area contributed by atoms with Crippen LogP contribution in [0.4, 0.5) is 0 Å². The van der Waals surface area contributed by atoms with Crippen LogP contribution in [-0.2, 0) is 13.0 Å². The molecule has 4 nitrogen and oxygen atoms in total. The lowest BCUT2D eigenvalue weighted by atomic mass is 10.1. The van der Waals surface area contributed by atoms with Gasteiger partial charge in [-0.3, -0.25) is 0 Å². The van der Waals surface area contributed by atoms with Gasteiger partial charge in [0, 0.05) is 17.1 Å². The van der Waals surface area contributed by atoms with Crippen molar-refractivity contribution in [3.05, 3.63) is 89.4 Å². The van der Waals surface area contributed by atoms with Crippen molar-refractivity contribution in [2.45, 2.75) is 13.0 Å². The van der Waals surface area contributed by atoms with Crippen LogP contribution in [0.5, 0.6) is 0 Å². The molecule has 2 heterocycles. The van der Waals surface area contributed by atoms with E-state index in [2.05, 4.69) is 28.8 Å². The Morgan fingerprint density at radius 3 is 2.14 bits per heavy atom. The molecular weight excluding hydrogens is 368 g/mol. The third-order valence-electron chi connectivity index (χ3n) is 4.83. The van der Waals surface area contributed by atoms with Crippen LogP contribution in [0.15, 0.2) is 78.9 Å². The summed E-state index contributed by atoms with van der Waals surface area (Å²) in [6.45, 7) is 0.769. The minimum Gasteiger partial charge on any atom is -0.307 e. The normalized spacial score (nSPS) is 11.3. The average Bonchev–Trinajstić information content (AvgIpc) is 3.09. The lowest BCUT2D eigenvalue weighted by Gasteiger charge is -2.09. The third kappa shape index (κ3) is 3.12. The molecule has 0 fully saturated rings. The summed E-state index contributed by atoms with van der Waals surface area (Å²) in [5.41, 5.74) is 5.47. The molecule has 5 rings (SSSR count). The fraction of sp³-hybridized carbons (Fsp3) is 0.0870. The fourth-order valence-corrected chi connectivity index (χ4v) is 3.54. The molecule has 0 saturated carbocycles. The van der Waals surface area contributed by atoms with Crippen molar-refractivity contribution in [3.8, 4) is 11.4 Å². The first kappa shape index (κ1) is 16.9. The number of para-hydroxylation sites is 2. The molecule has 5 heteroatoms. The Bertz CT molecular complexity index is 1260. The zero-order valence-electron chi connectivity index (χ0n) is 15.1.